The second-order valence-corrected chi connectivity index (χ2v) is 6.09. The average molecular weight is 292 g/mol. The molecule has 2 aromatic rings. The normalized spacial score (nSPS) is 10.8. The first-order valence-electron chi connectivity index (χ1n) is 6.36. The minimum atomic E-state index is 0.563. The molecule has 0 aromatic heterocycles. The predicted molar refractivity (Wildman–Crippen MR) is 86.2 cm³/mol. The summed E-state index contributed by atoms with van der Waals surface area (Å²) in [5, 5.41) is 0.818. The molecule has 0 spiro atoms. The molecule has 19 heavy (non-hydrogen) atoms. The Labute approximate surface area is 124 Å². The van der Waals surface area contributed by atoms with E-state index in [1.54, 1.807) is 11.9 Å². The molecular formula is C16H18ClNS. The van der Waals surface area contributed by atoms with Gasteiger partial charge >= 0.3 is 0 Å². The molecule has 0 aliphatic carbocycles. The molecule has 2 aromatic carbocycles. The molecule has 0 fully saturated rings. The van der Waals surface area contributed by atoms with E-state index in [2.05, 4.69) is 42.8 Å². The first kappa shape index (κ1) is 14.3. The predicted octanol–water partition coefficient (Wildman–Crippen LogP) is 5.89. The molecule has 0 atom stereocenters. The Kier molecular flexibility index (Phi) is 4.78. The van der Waals surface area contributed by atoms with Gasteiger partial charge < -0.3 is 4.72 Å². The molecule has 0 aliphatic heterocycles. The fourth-order valence-electron chi connectivity index (χ4n) is 1.75. The third-order valence-corrected chi connectivity index (χ3v) is 4.52. The van der Waals surface area contributed by atoms with E-state index in [1.165, 1.54) is 5.56 Å². The van der Waals surface area contributed by atoms with E-state index in [9.17, 15) is 0 Å². The van der Waals surface area contributed by atoms with Gasteiger partial charge in [0.2, 0.25) is 0 Å². The van der Waals surface area contributed by atoms with Gasteiger partial charge in [-0.2, -0.15) is 0 Å². The van der Waals surface area contributed by atoms with Gasteiger partial charge in [-0.15, -0.1) is 0 Å². The molecule has 1 nitrogen and oxygen atoms in total. The summed E-state index contributed by atoms with van der Waals surface area (Å²) in [6.45, 7) is 6.41. The second-order valence-electron chi connectivity index (χ2n) is 4.87. The number of aryl methyl sites for hydroxylation is 1. The minimum absolute atomic E-state index is 0.563. The van der Waals surface area contributed by atoms with Crippen LogP contribution in [0.15, 0.2) is 47.4 Å². The van der Waals surface area contributed by atoms with Crippen molar-refractivity contribution in [2.45, 2.75) is 31.6 Å². The first-order chi connectivity index (χ1) is 9.08. The second kappa shape index (κ2) is 6.36. The Morgan fingerprint density at radius 3 is 2.37 bits per heavy atom. The zero-order valence-corrected chi connectivity index (χ0v) is 13.0. The third kappa shape index (κ3) is 3.68. The summed E-state index contributed by atoms with van der Waals surface area (Å²) in [5.74, 6) is 0.563. The van der Waals surface area contributed by atoms with E-state index in [1.807, 2.05) is 25.1 Å². The molecule has 1 N–H and O–H groups in total. The monoisotopic (exact) mass is 291 g/mol. The van der Waals surface area contributed by atoms with Crippen molar-refractivity contribution >= 4 is 29.2 Å². The highest BCUT2D eigenvalue weighted by Gasteiger charge is 2.04. The molecule has 100 valence electrons. The van der Waals surface area contributed by atoms with Gasteiger partial charge in [0.25, 0.3) is 0 Å². The van der Waals surface area contributed by atoms with Crippen molar-refractivity contribution in [1.82, 2.24) is 0 Å². The topological polar surface area (TPSA) is 12.0 Å². The fraction of sp³-hybridized carbons (Fsp3) is 0.250. The number of halogens is 1. The fourth-order valence-corrected chi connectivity index (χ4v) is 2.75. The number of nitrogens with one attached hydrogen (secondary N) is 1. The number of rotatable bonds is 4. The van der Waals surface area contributed by atoms with Crippen molar-refractivity contribution in [3.05, 3.63) is 58.6 Å². The molecular weight excluding hydrogens is 274 g/mol. The Morgan fingerprint density at radius 1 is 1.05 bits per heavy atom. The third-order valence-electron chi connectivity index (χ3n) is 3.01. The van der Waals surface area contributed by atoms with Gasteiger partial charge in [-0.1, -0.05) is 49.7 Å². The molecule has 0 aliphatic rings. The number of hydrogen-bond acceptors (Lipinski definition) is 2. The summed E-state index contributed by atoms with van der Waals surface area (Å²) in [7, 11) is 0. The van der Waals surface area contributed by atoms with Crippen molar-refractivity contribution in [3.63, 3.8) is 0 Å². The largest absolute Gasteiger partial charge is 0.326 e. The molecule has 0 saturated carbocycles. The summed E-state index contributed by atoms with van der Waals surface area (Å²) in [6, 6.07) is 14.6. The van der Waals surface area contributed by atoms with Crippen molar-refractivity contribution in [2.75, 3.05) is 4.72 Å². The maximum Gasteiger partial charge on any atom is 0.0588 e. The summed E-state index contributed by atoms with van der Waals surface area (Å²) in [4.78, 5) is 1.05. The first-order valence-corrected chi connectivity index (χ1v) is 7.55. The van der Waals surface area contributed by atoms with E-state index < -0.39 is 0 Å². The lowest BCUT2D eigenvalue weighted by atomic mass is 10.0. The van der Waals surface area contributed by atoms with E-state index in [0.717, 1.165) is 21.2 Å². The van der Waals surface area contributed by atoms with Crippen molar-refractivity contribution in [2.24, 2.45) is 0 Å². The van der Waals surface area contributed by atoms with Gasteiger partial charge in [0.1, 0.15) is 0 Å². The summed E-state index contributed by atoms with van der Waals surface area (Å²) in [5.41, 5.74) is 3.54. The lowest BCUT2D eigenvalue weighted by molar-refractivity contribution is 0.867. The highest BCUT2D eigenvalue weighted by Crippen LogP contribution is 2.30. The molecule has 0 amide bonds. The standard InChI is InChI=1S/C16H18ClNS/c1-11(2)13-7-9-14(10-8-13)18-19-15-6-4-5-12(3)16(15)17/h4-11,18H,1-3H3. The smallest absolute Gasteiger partial charge is 0.0588 e. The van der Waals surface area contributed by atoms with Crippen LogP contribution in [-0.4, -0.2) is 0 Å². The quantitative estimate of drug-likeness (QED) is 0.705. The van der Waals surface area contributed by atoms with Crippen LogP contribution in [-0.2, 0) is 0 Å². The minimum Gasteiger partial charge on any atom is -0.326 e. The average Bonchev–Trinajstić information content (AvgIpc) is 2.41. The molecule has 0 heterocycles. The summed E-state index contributed by atoms with van der Waals surface area (Å²) < 4.78 is 3.33. The summed E-state index contributed by atoms with van der Waals surface area (Å²) in [6.07, 6.45) is 0. The Morgan fingerprint density at radius 2 is 1.74 bits per heavy atom. The molecule has 0 unspecified atom stereocenters. The van der Waals surface area contributed by atoms with E-state index in [4.69, 9.17) is 11.6 Å². The maximum absolute atomic E-state index is 6.27. The van der Waals surface area contributed by atoms with Crippen LogP contribution >= 0.6 is 23.5 Å². The highest BCUT2D eigenvalue weighted by molar-refractivity contribution is 8.00. The van der Waals surface area contributed by atoms with Crippen LogP contribution in [0.2, 0.25) is 5.02 Å². The van der Waals surface area contributed by atoms with Crippen LogP contribution in [0.25, 0.3) is 0 Å². The molecule has 2 rings (SSSR count). The number of hydrogen-bond donors (Lipinski definition) is 1. The van der Waals surface area contributed by atoms with Crippen LogP contribution < -0.4 is 4.72 Å². The zero-order chi connectivity index (χ0) is 13.8. The van der Waals surface area contributed by atoms with Crippen LogP contribution in [0.4, 0.5) is 5.69 Å². The summed E-state index contributed by atoms with van der Waals surface area (Å²) >= 11 is 7.81. The van der Waals surface area contributed by atoms with Gasteiger partial charge in [0, 0.05) is 10.6 Å². The Hall–Kier alpha value is -1.12. The molecule has 0 radical (unpaired) electrons. The molecule has 0 bridgehead atoms. The molecule has 0 saturated heterocycles. The maximum atomic E-state index is 6.27. The van der Waals surface area contributed by atoms with Crippen molar-refractivity contribution in [1.29, 1.82) is 0 Å². The van der Waals surface area contributed by atoms with Gasteiger partial charge in [-0.05, 0) is 54.1 Å². The number of anilines is 1. The lowest BCUT2D eigenvalue weighted by Crippen LogP contribution is -1.90. The van der Waals surface area contributed by atoms with Crippen molar-refractivity contribution in [3.8, 4) is 0 Å². The zero-order valence-electron chi connectivity index (χ0n) is 11.4. The van der Waals surface area contributed by atoms with E-state index in [-0.39, 0.29) is 0 Å². The SMILES string of the molecule is Cc1cccc(SNc2ccc(C(C)C)cc2)c1Cl. The van der Waals surface area contributed by atoms with E-state index >= 15 is 0 Å². The van der Waals surface area contributed by atoms with Gasteiger partial charge in [-0.3, -0.25) is 0 Å². The number of benzene rings is 2. The van der Waals surface area contributed by atoms with Crippen LogP contribution in [0.1, 0.15) is 30.9 Å². The van der Waals surface area contributed by atoms with Gasteiger partial charge in [-0.25, -0.2) is 0 Å². The molecule has 3 heteroatoms. The lowest BCUT2D eigenvalue weighted by Gasteiger charge is -2.10. The Balaban J connectivity index is 2.04. The van der Waals surface area contributed by atoms with Crippen LogP contribution in [0.5, 0.6) is 0 Å². The van der Waals surface area contributed by atoms with E-state index in [0.29, 0.717) is 5.92 Å². The highest BCUT2D eigenvalue weighted by atomic mass is 35.5. The van der Waals surface area contributed by atoms with Gasteiger partial charge in [0.05, 0.1) is 5.02 Å². The van der Waals surface area contributed by atoms with Crippen LogP contribution in [0, 0.1) is 6.92 Å². The Bertz CT molecular complexity index is 549. The van der Waals surface area contributed by atoms with Crippen LogP contribution in [0.3, 0.4) is 0 Å². The van der Waals surface area contributed by atoms with Crippen molar-refractivity contribution < 1.29 is 0 Å². The van der Waals surface area contributed by atoms with Gasteiger partial charge in [0.15, 0.2) is 0 Å².